The molecule has 0 aliphatic heterocycles. The van der Waals surface area contributed by atoms with Crippen molar-refractivity contribution in [3.63, 3.8) is 0 Å². The Bertz CT molecular complexity index is 37.0. The zero-order valence-corrected chi connectivity index (χ0v) is 5.99. The Morgan fingerprint density at radius 1 is 1.10 bits per heavy atom. The van der Waals surface area contributed by atoms with Crippen LogP contribution in [0.15, 0.2) is 0 Å². The van der Waals surface area contributed by atoms with E-state index in [2.05, 4.69) is 0 Å². The molecule has 66 valence electrons. The zero-order chi connectivity index (χ0) is 7.70. The third-order valence-electron chi connectivity index (χ3n) is 0.364. The summed E-state index contributed by atoms with van der Waals surface area (Å²) in [5.74, 6) is 0. The third kappa shape index (κ3) is 46.0. The van der Waals surface area contributed by atoms with Gasteiger partial charge in [-0.25, -0.2) is 0 Å². The van der Waals surface area contributed by atoms with Gasteiger partial charge in [0.25, 0.3) is 0 Å². The SMILES string of the molecule is CC(O)CO.O.OCCO. The van der Waals surface area contributed by atoms with Gasteiger partial charge in [0.15, 0.2) is 0 Å². The lowest BCUT2D eigenvalue weighted by atomic mass is 10.5. The Kier molecular flexibility index (Phi) is 26.1. The van der Waals surface area contributed by atoms with Crippen molar-refractivity contribution in [1.82, 2.24) is 0 Å². The third-order valence-corrected chi connectivity index (χ3v) is 0.364. The van der Waals surface area contributed by atoms with Gasteiger partial charge in [-0.15, -0.1) is 0 Å². The van der Waals surface area contributed by atoms with Gasteiger partial charge in [0.1, 0.15) is 0 Å². The molecule has 5 nitrogen and oxygen atoms in total. The summed E-state index contributed by atoms with van der Waals surface area (Å²) in [7, 11) is 0. The van der Waals surface area contributed by atoms with Gasteiger partial charge in [0, 0.05) is 0 Å². The summed E-state index contributed by atoms with van der Waals surface area (Å²) in [6, 6.07) is 0. The zero-order valence-electron chi connectivity index (χ0n) is 5.99. The lowest BCUT2D eigenvalue weighted by Crippen LogP contribution is -2.03. The predicted octanol–water partition coefficient (Wildman–Crippen LogP) is -2.49. The van der Waals surface area contributed by atoms with Crippen LogP contribution in [0.25, 0.3) is 0 Å². The highest BCUT2D eigenvalue weighted by Crippen LogP contribution is 1.68. The lowest BCUT2D eigenvalue weighted by molar-refractivity contribution is 0.110. The van der Waals surface area contributed by atoms with Crippen LogP contribution in [0.3, 0.4) is 0 Å². The fourth-order valence-electron chi connectivity index (χ4n) is 0. The molecular formula is C5H16O5. The van der Waals surface area contributed by atoms with E-state index in [1.807, 2.05) is 0 Å². The van der Waals surface area contributed by atoms with Crippen molar-refractivity contribution in [2.24, 2.45) is 0 Å². The molecule has 0 heterocycles. The average molecular weight is 156 g/mol. The molecule has 0 amide bonds. The topological polar surface area (TPSA) is 112 Å². The van der Waals surface area contributed by atoms with E-state index in [1.165, 1.54) is 6.92 Å². The summed E-state index contributed by atoms with van der Waals surface area (Å²) in [6.07, 6.45) is -0.560. The largest absolute Gasteiger partial charge is 0.412 e. The van der Waals surface area contributed by atoms with Crippen molar-refractivity contribution in [1.29, 1.82) is 0 Å². The van der Waals surface area contributed by atoms with Crippen LogP contribution in [0.4, 0.5) is 0 Å². The number of hydrogen-bond acceptors (Lipinski definition) is 4. The van der Waals surface area contributed by atoms with Crippen LogP contribution in [0, 0.1) is 0 Å². The van der Waals surface area contributed by atoms with Crippen LogP contribution in [0.1, 0.15) is 6.92 Å². The molecule has 0 rings (SSSR count). The Morgan fingerprint density at radius 2 is 1.30 bits per heavy atom. The van der Waals surface area contributed by atoms with E-state index in [4.69, 9.17) is 20.4 Å². The summed E-state index contributed by atoms with van der Waals surface area (Å²) in [5.41, 5.74) is 0. The Hall–Kier alpha value is -0.200. The first-order valence-corrected chi connectivity index (χ1v) is 2.69. The Balaban J connectivity index is -0.0000000910. The van der Waals surface area contributed by atoms with Gasteiger partial charge in [-0.1, -0.05) is 0 Å². The van der Waals surface area contributed by atoms with Crippen molar-refractivity contribution in [3.05, 3.63) is 0 Å². The smallest absolute Gasteiger partial charge is 0.0742 e. The summed E-state index contributed by atoms with van der Waals surface area (Å²) >= 11 is 0. The van der Waals surface area contributed by atoms with Crippen molar-refractivity contribution >= 4 is 0 Å². The van der Waals surface area contributed by atoms with Crippen LogP contribution in [-0.2, 0) is 0 Å². The average Bonchev–Trinajstić information content (AvgIpc) is 1.89. The van der Waals surface area contributed by atoms with Crippen molar-refractivity contribution in [2.45, 2.75) is 13.0 Å². The van der Waals surface area contributed by atoms with Gasteiger partial charge in [-0.2, -0.15) is 0 Å². The van der Waals surface area contributed by atoms with Crippen molar-refractivity contribution in [3.8, 4) is 0 Å². The molecule has 0 fully saturated rings. The van der Waals surface area contributed by atoms with Gasteiger partial charge in [0.05, 0.1) is 25.9 Å². The monoisotopic (exact) mass is 156 g/mol. The highest BCUT2D eigenvalue weighted by Gasteiger charge is 1.83. The second kappa shape index (κ2) is 15.9. The molecule has 10 heavy (non-hydrogen) atoms. The minimum Gasteiger partial charge on any atom is -0.412 e. The van der Waals surface area contributed by atoms with E-state index < -0.39 is 6.10 Å². The van der Waals surface area contributed by atoms with Crippen molar-refractivity contribution < 1.29 is 25.9 Å². The number of rotatable bonds is 2. The predicted molar refractivity (Wildman–Crippen MR) is 36.6 cm³/mol. The maximum atomic E-state index is 8.11. The van der Waals surface area contributed by atoms with Crippen molar-refractivity contribution in [2.75, 3.05) is 19.8 Å². The normalized spacial score (nSPS) is 10.5. The summed E-state index contributed by atoms with van der Waals surface area (Å²) < 4.78 is 0. The highest BCUT2D eigenvalue weighted by molar-refractivity contribution is 4.34. The molecule has 0 aromatic rings. The van der Waals surface area contributed by atoms with E-state index >= 15 is 0 Å². The summed E-state index contributed by atoms with van der Waals surface area (Å²) in [4.78, 5) is 0. The van der Waals surface area contributed by atoms with E-state index in [9.17, 15) is 0 Å². The summed E-state index contributed by atoms with van der Waals surface area (Å²) in [6.45, 7) is 1.14. The van der Waals surface area contributed by atoms with Gasteiger partial charge in [-0.05, 0) is 6.92 Å². The number of aliphatic hydroxyl groups is 4. The highest BCUT2D eigenvalue weighted by atomic mass is 16.3. The van der Waals surface area contributed by atoms with Crippen LogP contribution in [-0.4, -0.2) is 51.8 Å². The van der Waals surface area contributed by atoms with Gasteiger partial charge < -0.3 is 25.9 Å². The molecule has 5 heteroatoms. The van der Waals surface area contributed by atoms with E-state index in [0.29, 0.717) is 0 Å². The van der Waals surface area contributed by atoms with E-state index in [1.54, 1.807) is 0 Å². The molecule has 0 radical (unpaired) electrons. The molecule has 1 atom stereocenters. The molecule has 6 N–H and O–H groups in total. The van der Waals surface area contributed by atoms with Crippen LogP contribution in [0.2, 0.25) is 0 Å². The Labute approximate surface area is 59.9 Å². The standard InChI is InChI=1S/C3H8O2.C2H6O2.H2O/c1-3(5)2-4;3-1-2-4;/h3-5H,2H2,1H3;3-4H,1-2H2;1H2. The van der Waals surface area contributed by atoms with Crippen LogP contribution >= 0.6 is 0 Å². The van der Waals surface area contributed by atoms with Gasteiger partial charge >= 0.3 is 0 Å². The second-order valence-corrected chi connectivity index (χ2v) is 1.48. The Morgan fingerprint density at radius 3 is 1.30 bits per heavy atom. The first-order valence-electron chi connectivity index (χ1n) is 2.69. The summed E-state index contributed by atoms with van der Waals surface area (Å²) in [5, 5.41) is 31.3. The molecular weight excluding hydrogens is 140 g/mol. The second-order valence-electron chi connectivity index (χ2n) is 1.48. The first-order chi connectivity index (χ1) is 4.18. The minimum absolute atomic E-state index is 0. The van der Waals surface area contributed by atoms with E-state index in [0.717, 1.165) is 0 Å². The molecule has 0 aromatic heterocycles. The number of hydrogen-bond donors (Lipinski definition) is 4. The molecule has 0 spiro atoms. The van der Waals surface area contributed by atoms with E-state index in [-0.39, 0.29) is 25.3 Å². The fraction of sp³-hybridized carbons (Fsp3) is 1.00. The van der Waals surface area contributed by atoms with Crippen LogP contribution < -0.4 is 0 Å². The quantitative estimate of drug-likeness (QED) is 0.354. The molecule has 0 saturated heterocycles. The molecule has 0 aliphatic carbocycles. The van der Waals surface area contributed by atoms with Gasteiger partial charge in [-0.3, -0.25) is 0 Å². The first kappa shape index (κ1) is 16.4. The lowest BCUT2D eigenvalue weighted by Gasteiger charge is -1.90. The number of aliphatic hydroxyl groups excluding tert-OH is 4. The van der Waals surface area contributed by atoms with Crippen LogP contribution in [0.5, 0.6) is 0 Å². The minimum atomic E-state index is -0.560. The maximum Gasteiger partial charge on any atom is 0.0742 e. The molecule has 0 aliphatic rings. The molecule has 1 unspecified atom stereocenters. The fourth-order valence-corrected chi connectivity index (χ4v) is 0. The molecule has 0 aromatic carbocycles. The maximum absolute atomic E-state index is 8.11. The molecule has 0 bridgehead atoms. The van der Waals surface area contributed by atoms with Gasteiger partial charge in [0.2, 0.25) is 0 Å². The molecule has 0 saturated carbocycles.